The molecule has 0 aliphatic carbocycles. The van der Waals surface area contributed by atoms with Crippen molar-refractivity contribution in [3.63, 3.8) is 0 Å². The predicted octanol–water partition coefficient (Wildman–Crippen LogP) is 2.92. The van der Waals surface area contributed by atoms with Gasteiger partial charge in [0.25, 0.3) is 5.91 Å². The molecule has 7 heteroatoms. The van der Waals surface area contributed by atoms with Gasteiger partial charge in [-0.3, -0.25) is 9.59 Å². The van der Waals surface area contributed by atoms with Crippen molar-refractivity contribution in [1.29, 1.82) is 0 Å². The molecule has 2 amide bonds. The Labute approximate surface area is 144 Å². The van der Waals surface area contributed by atoms with Crippen molar-refractivity contribution in [1.82, 2.24) is 9.80 Å². The number of benzene rings is 1. The van der Waals surface area contributed by atoms with Crippen LogP contribution in [0.25, 0.3) is 0 Å². The Bertz CT molecular complexity index is 665. The van der Waals surface area contributed by atoms with E-state index in [-0.39, 0.29) is 40.2 Å². The molecule has 2 aliphatic heterocycles. The third kappa shape index (κ3) is 2.88. The SMILES string of the molecule is CC(=O)N1CC[C@H]2[C@@H]1CCCN2C(=O)c1cc(Cl)cc(Cl)c1O. The molecule has 0 spiro atoms. The molecule has 2 fully saturated rings. The van der Waals surface area contributed by atoms with Crippen LogP contribution in [0.15, 0.2) is 12.1 Å². The van der Waals surface area contributed by atoms with Gasteiger partial charge in [-0.05, 0) is 31.4 Å². The number of carbonyl (C=O) groups excluding carboxylic acids is 2. The van der Waals surface area contributed by atoms with Crippen molar-refractivity contribution in [2.75, 3.05) is 13.1 Å². The Morgan fingerprint density at radius 3 is 2.52 bits per heavy atom. The van der Waals surface area contributed by atoms with Gasteiger partial charge in [0.1, 0.15) is 5.75 Å². The number of phenols is 1. The summed E-state index contributed by atoms with van der Waals surface area (Å²) in [6, 6.07) is 2.88. The first kappa shape index (κ1) is 16.4. The van der Waals surface area contributed by atoms with E-state index in [9.17, 15) is 14.7 Å². The second-order valence-corrected chi connectivity index (χ2v) is 6.90. The van der Waals surface area contributed by atoms with Crippen LogP contribution in [0.1, 0.15) is 36.5 Å². The van der Waals surface area contributed by atoms with E-state index in [0.717, 1.165) is 19.3 Å². The lowest BCUT2D eigenvalue weighted by atomic mass is 9.95. The van der Waals surface area contributed by atoms with Gasteiger partial charge in [0, 0.05) is 25.0 Å². The molecular weight excluding hydrogens is 339 g/mol. The summed E-state index contributed by atoms with van der Waals surface area (Å²) >= 11 is 11.9. The van der Waals surface area contributed by atoms with E-state index in [0.29, 0.717) is 18.1 Å². The van der Waals surface area contributed by atoms with Crippen molar-refractivity contribution in [2.24, 2.45) is 0 Å². The molecule has 23 heavy (non-hydrogen) atoms. The molecule has 2 saturated heterocycles. The normalized spacial score (nSPS) is 23.8. The zero-order valence-corrected chi connectivity index (χ0v) is 14.3. The number of hydrogen-bond acceptors (Lipinski definition) is 3. The highest BCUT2D eigenvalue weighted by Gasteiger charge is 2.43. The highest BCUT2D eigenvalue weighted by atomic mass is 35.5. The minimum absolute atomic E-state index is 0.0164. The predicted molar refractivity (Wildman–Crippen MR) is 88.0 cm³/mol. The Morgan fingerprint density at radius 1 is 1.13 bits per heavy atom. The van der Waals surface area contributed by atoms with E-state index in [2.05, 4.69) is 0 Å². The minimum Gasteiger partial charge on any atom is -0.506 e. The summed E-state index contributed by atoms with van der Waals surface area (Å²) in [5, 5.41) is 10.5. The second kappa shape index (κ2) is 6.21. The van der Waals surface area contributed by atoms with Crippen LogP contribution in [-0.2, 0) is 4.79 Å². The van der Waals surface area contributed by atoms with Gasteiger partial charge in [0.2, 0.25) is 5.91 Å². The molecule has 0 unspecified atom stereocenters. The van der Waals surface area contributed by atoms with Gasteiger partial charge in [-0.25, -0.2) is 0 Å². The number of nitrogens with zero attached hydrogens (tertiary/aromatic N) is 2. The van der Waals surface area contributed by atoms with Crippen molar-refractivity contribution < 1.29 is 14.7 Å². The molecule has 0 bridgehead atoms. The molecule has 3 rings (SSSR count). The molecule has 2 heterocycles. The Morgan fingerprint density at radius 2 is 1.83 bits per heavy atom. The van der Waals surface area contributed by atoms with Crippen LogP contribution in [0.3, 0.4) is 0 Å². The number of fused-ring (bicyclic) bond motifs is 1. The summed E-state index contributed by atoms with van der Waals surface area (Å²) < 4.78 is 0. The van der Waals surface area contributed by atoms with Crippen molar-refractivity contribution >= 4 is 35.0 Å². The summed E-state index contributed by atoms with van der Waals surface area (Å²) in [6.07, 6.45) is 2.48. The number of carbonyl (C=O) groups is 2. The van der Waals surface area contributed by atoms with Gasteiger partial charge in [0.05, 0.1) is 22.7 Å². The largest absolute Gasteiger partial charge is 0.506 e. The first-order valence-corrected chi connectivity index (χ1v) is 8.42. The second-order valence-electron chi connectivity index (χ2n) is 6.06. The van der Waals surface area contributed by atoms with Gasteiger partial charge in [-0.15, -0.1) is 0 Å². The van der Waals surface area contributed by atoms with Gasteiger partial charge in [0.15, 0.2) is 0 Å². The summed E-state index contributed by atoms with van der Waals surface area (Å²) in [6.45, 7) is 2.83. The van der Waals surface area contributed by atoms with Gasteiger partial charge in [-0.1, -0.05) is 23.2 Å². The number of halogens is 2. The van der Waals surface area contributed by atoms with E-state index in [1.165, 1.54) is 12.1 Å². The molecule has 124 valence electrons. The molecule has 2 aliphatic rings. The number of rotatable bonds is 1. The van der Waals surface area contributed by atoms with Crippen LogP contribution in [-0.4, -0.2) is 51.9 Å². The Hall–Kier alpha value is -1.46. The van der Waals surface area contributed by atoms with E-state index >= 15 is 0 Å². The number of phenolic OH excluding ortho intramolecular Hbond substituents is 1. The molecule has 5 nitrogen and oxygen atoms in total. The Balaban J connectivity index is 1.90. The highest BCUT2D eigenvalue weighted by Crippen LogP contribution is 2.36. The van der Waals surface area contributed by atoms with E-state index < -0.39 is 0 Å². The average Bonchev–Trinajstić information content (AvgIpc) is 2.94. The van der Waals surface area contributed by atoms with Crippen LogP contribution in [0.5, 0.6) is 5.75 Å². The summed E-state index contributed by atoms with van der Waals surface area (Å²) in [5.41, 5.74) is 0.115. The molecule has 1 aromatic carbocycles. The number of hydrogen-bond donors (Lipinski definition) is 1. The van der Waals surface area contributed by atoms with Crippen molar-refractivity contribution in [2.45, 2.75) is 38.3 Å². The topological polar surface area (TPSA) is 60.9 Å². The van der Waals surface area contributed by atoms with Crippen molar-refractivity contribution in [3.05, 3.63) is 27.7 Å². The molecule has 1 N–H and O–H groups in total. The smallest absolute Gasteiger partial charge is 0.258 e. The number of likely N-dealkylation sites (tertiary alicyclic amines) is 2. The number of amides is 2. The molecule has 2 atom stereocenters. The van der Waals surface area contributed by atoms with Crippen LogP contribution in [0.2, 0.25) is 10.0 Å². The lowest BCUT2D eigenvalue weighted by molar-refractivity contribution is -0.130. The van der Waals surface area contributed by atoms with Crippen molar-refractivity contribution in [3.8, 4) is 5.75 Å². The maximum Gasteiger partial charge on any atom is 0.258 e. The zero-order chi connectivity index (χ0) is 16.7. The third-order valence-corrected chi connectivity index (χ3v) is 5.24. The average molecular weight is 357 g/mol. The lowest BCUT2D eigenvalue weighted by Gasteiger charge is -2.39. The van der Waals surface area contributed by atoms with E-state index in [1.54, 1.807) is 11.8 Å². The number of aromatic hydroxyl groups is 1. The molecule has 0 saturated carbocycles. The maximum absolute atomic E-state index is 12.9. The highest BCUT2D eigenvalue weighted by molar-refractivity contribution is 6.36. The van der Waals surface area contributed by atoms with Gasteiger partial charge >= 0.3 is 0 Å². The molecular formula is C16H18Cl2N2O3. The molecule has 0 aromatic heterocycles. The van der Waals surface area contributed by atoms with Crippen LogP contribution in [0.4, 0.5) is 0 Å². The van der Waals surface area contributed by atoms with Crippen LogP contribution in [0, 0.1) is 0 Å². The van der Waals surface area contributed by atoms with Crippen LogP contribution >= 0.6 is 23.2 Å². The first-order chi connectivity index (χ1) is 10.9. The summed E-state index contributed by atoms with van der Waals surface area (Å²) in [5.74, 6) is -0.489. The standard InChI is InChI=1S/C16H18Cl2N2O3/c1-9(21)19-6-4-14-13(19)3-2-5-20(14)16(23)11-7-10(17)8-12(18)15(11)22/h7-8,13-14,22H,2-6H2,1H3/t13-,14-/m0/s1. The van der Waals surface area contributed by atoms with E-state index in [4.69, 9.17) is 23.2 Å². The fourth-order valence-electron chi connectivity index (χ4n) is 3.71. The maximum atomic E-state index is 12.9. The minimum atomic E-state index is -0.285. The van der Waals surface area contributed by atoms with Gasteiger partial charge in [-0.2, -0.15) is 0 Å². The van der Waals surface area contributed by atoms with Crippen LogP contribution < -0.4 is 0 Å². The monoisotopic (exact) mass is 356 g/mol. The summed E-state index contributed by atoms with van der Waals surface area (Å²) in [4.78, 5) is 28.2. The fraction of sp³-hybridized carbons (Fsp3) is 0.500. The lowest BCUT2D eigenvalue weighted by Crippen LogP contribution is -2.52. The number of piperidine rings is 1. The van der Waals surface area contributed by atoms with Gasteiger partial charge < -0.3 is 14.9 Å². The first-order valence-electron chi connectivity index (χ1n) is 7.66. The Kier molecular flexibility index (Phi) is 4.43. The zero-order valence-electron chi connectivity index (χ0n) is 12.8. The summed E-state index contributed by atoms with van der Waals surface area (Å²) in [7, 11) is 0. The fourth-order valence-corrected chi connectivity index (χ4v) is 4.21. The van der Waals surface area contributed by atoms with E-state index in [1.807, 2.05) is 4.90 Å². The molecule has 0 radical (unpaired) electrons. The quantitative estimate of drug-likeness (QED) is 0.841. The third-order valence-electron chi connectivity index (χ3n) is 4.73. The molecule has 1 aromatic rings.